The van der Waals surface area contributed by atoms with Gasteiger partial charge < -0.3 is 6.53 Å². The standard InChI is InChI=1S/C4H8O2.ClH.Na.H/c1-2-3-4(5)6;;;/h2-3H2,1H3,(H,5,6);1H;;/q;;+1;-1. The fraction of sp³-hybridized carbons (Fsp3) is 0.750. The van der Waals surface area contributed by atoms with E-state index in [4.69, 9.17) is 5.11 Å². The molecule has 2 nitrogen and oxygen atoms in total. The molecule has 0 bridgehead atoms. The van der Waals surface area contributed by atoms with Crippen molar-refractivity contribution in [3.8, 4) is 0 Å². The van der Waals surface area contributed by atoms with Gasteiger partial charge in [-0.25, -0.2) is 0 Å². The summed E-state index contributed by atoms with van der Waals surface area (Å²) in [5.74, 6) is -0.711. The van der Waals surface area contributed by atoms with Gasteiger partial charge in [-0.1, -0.05) is 6.92 Å². The minimum Gasteiger partial charge on any atom is -1.00 e. The molecule has 0 atom stereocenters. The Labute approximate surface area is 78.8 Å². The van der Waals surface area contributed by atoms with Gasteiger partial charge in [-0.2, -0.15) is 0 Å². The smallest absolute Gasteiger partial charge is 1.00 e. The summed E-state index contributed by atoms with van der Waals surface area (Å²) in [6.45, 7) is 1.84. The monoisotopic (exact) mass is 148 g/mol. The molecule has 0 radical (unpaired) electrons. The van der Waals surface area contributed by atoms with E-state index in [1.54, 1.807) is 0 Å². The topological polar surface area (TPSA) is 37.3 Å². The molecule has 4 heteroatoms. The second kappa shape index (κ2) is 10.7. The van der Waals surface area contributed by atoms with E-state index in [0.29, 0.717) is 6.42 Å². The molecule has 46 valence electrons. The Kier molecular flexibility index (Phi) is 21.2. The largest absolute Gasteiger partial charge is 1.00 e. The first-order chi connectivity index (χ1) is 2.77. The first-order valence-corrected chi connectivity index (χ1v) is 1.99. The summed E-state index contributed by atoms with van der Waals surface area (Å²) in [5.41, 5.74) is 0. The molecule has 0 aromatic carbocycles. The van der Waals surface area contributed by atoms with Gasteiger partial charge in [-0.3, -0.25) is 4.79 Å². The molecule has 0 rings (SSSR count). The molecular weight excluding hydrogens is 138 g/mol. The Hall–Kier alpha value is 0.760. The van der Waals surface area contributed by atoms with Crippen LogP contribution in [0.15, 0.2) is 0 Å². The molecule has 0 fully saturated rings. The van der Waals surface area contributed by atoms with E-state index in [1.807, 2.05) is 6.92 Å². The number of carboxylic acids is 1. The van der Waals surface area contributed by atoms with Gasteiger partial charge in [0.15, 0.2) is 0 Å². The van der Waals surface area contributed by atoms with Crippen molar-refractivity contribution >= 4 is 18.4 Å². The van der Waals surface area contributed by atoms with Crippen LogP contribution in [0.2, 0.25) is 0 Å². The van der Waals surface area contributed by atoms with Gasteiger partial charge in [0.05, 0.1) is 0 Å². The van der Waals surface area contributed by atoms with Crippen molar-refractivity contribution in [3.05, 3.63) is 0 Å². The number of rotatable bonds is 2. The Bertz CT molecular complexity index is 62.5. The molecular formula is C4H10ClNaO2. The molecule has 0 aliphatic heterocycles. The maximum atomic E-state index is 9.60. The van der Waals surface area contributed by atoms with Gasteiger partial charge in [-0.15, -0.1) is 12.4 Å². The van der Waals surface area contributed by atoms with Crippen LogP contribution in [0.5, 0.6) is 0 Å². The first kappa shape index (κ1) is 15.9. The van der Waals surface area contributed by atoms with E-state index in [2.05, 4.69) is 0 Å². The summed E-state index contributed by atoms with van der Waals surface area (Å²) < 4.78 is 0. The molecule has 0 spiro atoms. The second-order valence-corrected chi connectivity index (χ2v) is 1.14. The summed E-state index contributed by atoms with van der Waals surface area (Å²) >= 11 is 0. The van der Waals surface area contributed by atoms with Crippen molar-refractivity contribution in [1.82, 2.24) is 0 Å². The van der Waals surface area contributed by atoms with Crippen molar-refractivity contribution in [3.63, 3.8) is 0 Å². The fourth-order valence-electron chi connectivity index (χ4n) is 0.214. The summed E-state index contributed by atoms with van der Waals surface area (Å²) in [5, 5.41) is 7.91. The Morgan fingerprint density at radius 1 is 1.75 bits per heavy atom. The number of hydrogen-bond acceptors (Lipinski definition) is 1. The normalized spacial score (nSPS) is 6.12. The second-order valence-electron chi connectivity index (χ2n) is 1.14. The number of aliphatic carboxylic acids is 1. The third-order valence-electron chi connectivity index (χ3n) is 0.464. The Morgan fingerprint density at radius 3 is 2.12 bits per heavy atom. The molecule has 0 saturated carbocycles. The molecule has 0 heterocycles. The van der Waals surface area contributed by atoms with Crippen molar-refractivity contribution in [2.24, 2.45) is 0 Å². The molecule has 0 unspecified atom stereocenters. The molecule has 0 aliphatic rings. The van der Waals surface area contributed by atoms with Gasteiger partial charge >= 0.3 is 35.5 Å². The van der Waals surface area contributed by atoms with Crippen molar-refractivity contribution < 1.29 is 40.9 Å². The Balaban J connectivity index is -0.0000000417. The van der Waals surface area contributed by atoms with Crippen molar-refractivity contribution in [1.29, 1.82) is 0 Å². The summed E-state index contributed by atoms with van der Waals surface area (Å²) in [7, 11) is 0. The predicted octanol–water partition coefficient (Wildman–Crippen LogP) is -1.59. The first-order valence-electron chi connectivity index (χ1n) is 1.99. The van der Waals surface area contributed by atoms with Crippen LogP contribution in [-0.2, 0) is 4.79 Å². The van der Waals surface area contributed by atoms with Gasteiger partial charge in [0, 0.05) is 6.42 Å². The third kappa shape index (κ3) is 15.9. The third-order valence-corrected chi connectivity index (χ3v) is 0.464. The number of hydrogen-bond donors (Lipinski definition) is 1. The van der Waals surface area contributed by atoms with Gasteiger partial charge in [-0.05, 0) is 6.42 Å². The molecule has 0 aromatic rings. The predicted molar refractivity (Wildman–Crippen MR) is 30.9 cm³/mol. The van der Waals surface area contributed by atoms with Gasteiger partial charge in [0.1, 0.15) is 0 Å². The van der Waals surface area contributed by atoms with Crippen molar-refractivity contribution in [2.45, 2.75) is 19.8 Å². The van der Waals surface area contributed by atoms with E-state index in [9.17, 15) is 4.79 Å². The van der Waals surface area contributed by atoms with Crippen LogP contribution >= 0.6 is 12.4 Å². The maximum absolute atomic E-state index is 9.60. The van der Waals surface area contributed by atoms with Crippen LogP contribution < -0.4 is 29.6 Å². The zero-order chi connectivity index (χ0) is 4.99. The molecule has 0 aliphatic carbocycles. The minimum absolute atomic E-state index is 0. The van der Waals surface area contributed by atoms with E-state index >= 15 is 0 Å². The van der Waals surface area contributed by atoms with Gasteiger partial charge in [0.2, 0.25) is 0 Å². The molecule has 1 N–H and O–H groups in total. The maximum Gasteiger partial charge on any atom is 1.00 e. The van der Waals surface area contributed by atoms with Crippen LogP contribution in [-0.4, -0.2) is 11.1 Å². The van der Waals surface area contributed by atoms with Crippen LogP contribution in [0.25, 0.3) is 0 Å². The number of carboxylic acid groups (broad SMARTS) is 1. The van der Waals surface area contributed by atoms with E-state index < -0.39 is 5.97 Å². The fourth-order valence-corrected chi connectivity index (χ4v) is 0.214. The average Bonchev–Trinajstić information content (AvgIpc) is 1.35. The van der Waals surface area contributed by atoms with E-state index in [0.717, 1.165) is 6.42 Å². The van der Waals surface area contributed by atoms with E-state index in [1.165, 1.54) is 0 Å². The average molecular weight is 149 g/mol. The quantitative estimate of drug-likeness (QED) is 0.480. The molecule has 0 aromatic heterocycles. The Morgan fingerprint density at radius 2 is 2.12 bits per heavy atom. The van der Waals surface area contributed by atoms with Crippen LogP contribution in [0, 0.1) is 0 Å². The summed E-state index contributed by atoms with van der Waals surface area (Å²) in [4.78, 5) is 9.60. The molecule has 8 heavy (non-hydrogen) atoms. The van der Waals surface area contributed by atoms with Crippen molar-refractivity contribution in [2.75, 3.05) is 0 Å². The number of halogens is 1. The zero-order valence-corrected chi connectivity index (χ0v) is 7.99. The summed E-state index contributed by atoms with van der Waals surface area (Å²) in [6.07, 6.45) is 1.02. The van der Waals surface area contributed by atoms with Crippen LogP contribution in [0.4, 0.5) is 0 Å². The molecule has 0 amide bonds. The van der Waals surface area contributed by atoms with E-state index in [-0.39, 0.29) is 43.4 Å². The SMILES string of the molecule is CCCC(=O)O.Cl.[H-].[Na+]. The zero-order valence-electron chi connectivity index (χ0n) is 6.18. The minimum atomic E-state index is -0.711. The molecule has 0 saturated heterocycles. The number of carbonyl (C=O) groups is 1. The van der Waals surface area contributed by atoms with Crippen LogP contribution in [0.3, 0.4) is 0 Å². The summed E-state index contributed by atoms with van der Waals surface area (Å²) in [6, 6.07) is 0. The van der Waals surface area contributed by atoms with Gasteiger partial charge in [0.25, 0.3) is 0 Å². The van der Waals surface area contributed by atoms with Crippen LogP contribution in [0.1, 0.15) is 21.2 Å².